The van der Waals surface area contributed by atoms with Crippen molar-refractivity contribution in [3.63, 3.8) is 0 Å². The van der Waals surface area contributed by atoms with Gasteiger partial charge in [-0.15, -0.1) is 0 Å². The molecule has 0 bridgehead atoms. The van der Waals surface area contributed by atoms with Crippen molar-refractivity contribution in [2.24, 2.45) is 0 Å². The largest absolute Gasteiger partial charge is 0.342 e. The van der Waals surface area contributed by atoms with E-state index in [2.05, 4.69) is 26.1 Å². The number of amides is 2. The topological polar surface area (TPSA) is 49.4 Å². The molecule has 0 radical (unpaired) electrons. The first-order valence-electron chi connectivity index (χ1n) is 8.60. The summed E-state index contributed by atoms with van der Waals surface area (Å²) < 4.78 is 0. The van der Waals surface area contributed by atoms with Crippen LogP contribution in [0.15, 0.2) is 24.3 Å². The van der Waals surface area contributed by atoms with Crippen LogP contribution in [-0.2, 0) is 9.59 Å². The zero-order valence-corrected chi connectivity index (χ0v) is 14.9. The molecule has 0 aromatic heterocycles. The number of rotatable bonds is 9. The molecule has 1 aromatic rings. The average Bonchev–Trinajstić information content (AvgIpc) is 2.50. The fraction of sp³-hybridized carbons (Fsp3) is 0.579. The zero-order chi connectivity index (χ0) is 17.2. The number of carbonyl (C=O) groups is 2. The van der Waals surface area contributed by atoms with E-state index in [-0.39, 0.29) is 11.8 Å². The van der Waals surface area contributed by atoms with Crippen molar-refractivity contribution in [1.82, 2.24) is 4.90 Å². The third kappa shape index (κ3) is 6.85. The van der Waals surface area contributed by atoms with Gasteiger partial charge in [0.05, 0.1) is 0 Å². The molecule has 23 heavy (non-hydrogen) atoms. The number of anilines is 1. The first kappa shape index (κ1) is 19.2. The average molecular weight is 318 g/mol. The zero-order valence-electron chi connectivity index (χ0n) is 14.9. The Labute approximate surface area is 140 Å². The van der Waals surface area contributed by atoms with E-state index in [9.17, 15) is 9.59 Å². The predicted molar refractivity (Wildman–Crippen MR) is 95.6 cm³/mol. The lowest BCUT2D eigenvalue weighted by atomic mass is 10.0. The van der Waals surface area contributed by atoms with Crippen LogP contribution in [0.5, 0.6) is 0 Å². The molecule has 0 unspecified atom stereocenters. The summed E-state index contributed by atoms with van der Waals surface area (Å²) in [5, 5.41) is 2.98. The Bertz CT molecular complexity index is 512. The molecule has 1 aromatic carbocycles. The number of hydrogen-bond donors (Lipinski definition) is 1. The predicted octanol–water partition coefficient (Wildman–Crippen LogP) is 4.18. The van der Waals surface area contributed by atoms with E-state index >= 15 is 0 Å². The number of para-hydroxylation sites is 1. The lowest BCUT2D eigenvalue weighted by Crippen LogP contribution is -2.33. The minimum Gasteiger partial charge on any atom is -0.342 e. The van der Waals surface area contributed by atoms with Crippen LogP contribution in [0.3, 0.4) is 0 Å². The van der Waals surface area contributed by atoms with Crippen LogP contribution in [0.4, 0.5) is 5.69 Å². The summed E-state index contributed by atoms with van der Waals surface area (Å²) in [6.45, 7) is 9.13. The van der Waals surface area contributed by atoms with E-state index < -0.39 is 0 Å². The van der Waals surface area contributed by atoms with Crippen LogP contribution in [0, 0.1) is 0 Å². The van der Waals surface area contributed by atoms with Gasteiger partial charge in [0.15, 0.2) is 0 Å². The molecule has 2 amide bonds. The molecule has 1 rings (SSSR count). The maximum absolute atomic E-state index is 12.2. The standard InChI is InChI=1S/C19H30N2O2/c1-5-6-9-13-21(16(4)22)14-12-19(23)20-18-11-8-7-10-17(18)15(2)3/h7-8,10-11,15H,5-6,9,12-14H2,1-4H3,(H,20,23). The molecule has 0 aliphatic heterocycles. The number of nitrogens with zero attached hydrogens (tertiary/aromatic N) is 1. The molecule has 0 spiro atoms. The third-order valence-electron chi connectivity index (χ3n) is 3.94. The maximum atomic E-state index is 12.2. The van der Waals surface area contributed by atoms with Gasteiger partial charge in [0.25, 0.3) is 0 Å². The minimum atomic E-state index is -0.0418. The molecule has 0 fully saturated rings. The highest BCUT2D eigenvalue weighted by molar-refractivity contribution is 5.92. The molecule has 128 valence electrons. The van der Waals surface area contributed by atoms with Crippen LogP contribution in [-0.4, -0.2) is 29.8 Å². The highest BCUT2D eigenvalue weighted by Gasteiger charge is 2.12. The number of nitrogens with one attached hydrogen (secondary N) is 1. The summed E-state index contributed by atoms with van der Waals surface area (Å²) in [6, 6.07) is 7.87. The van der Waals surface area contributed by atoms with Gasteiger partial charge in [-0.2, -0.15) is 0 Å². The third-order valence-corrected chi connectivity index (χ3v) is 3.94. The van der Waals surface area contributed by atoms with Crippen molar-refractivity contribution in [1.29, 1.82) is 0 Å². The van der Waals surface area contributed by atoms with Crippen molar-refractivity contribution < 1.29 is 9.59 Å². The Kier molecular flexibility index (Phi) is 8.38. The van der Waals surface area contributed by atoms with Crippen LogP contribution in [0.25, 0.3) is 0 Å². The lowest BCUT2D eigenvalue weighted by Gasteiger charge is -2.21. The molecule has 1 N–H and O–H groups in total. The van der Waals surface area contributed by atoms with Crippen molar-refractivity contribution >= 4 is 17.5 Å². The molecule has 0 aliphatic carbocycles. The molecule has 0 atom stereocenters. The molecule has 0 heterocycles. The molecular weight excluding hydrogens is 288 g/mol. The first-order valence-corrected chi connectivity index (χ1v) is 8.60. The van der Waals surface area contributed by atoms with Gasteiger partial charge in [-0.1, -0.05) is 51.8 Å². The molecule has 0 saturated carbocycles. The summed E-state index contributed by atoms with van der Waals surface area (Å²) in [5.74, 6) is 0.352. The van der Waals surface area contributed by atoms with Crippen molar-refractivity contribution in [2.45, 2.75) is 59.3 Å². The van der Waals surface area contributed by atoms with Gasteiger partial charge in [0.1, 0.15) is 0 Å². The summed E-state index contributed by atoms with van der Waals surface area (Å²) >= 11 is 0. The number of unbranched alkanes of at least 4 members (excludes halogenated alkanes) is 2. The van der Waals surface area contributed by atoms with E-state index in [0.717, 1.165) is 37.1 Å². The molecule has 4 heteroatoms. The quantitative estimate of drug-likeness (QED) is 0.694. The van der Waals surface area contributed by atoms with E-state index in [1.165, 1.54) is 0 Å². The van der Waals surface area contributed by atoms with Crippen LogP contribution < -0.4 is 5.32 Å². The second kappa shape index (κ2) is 10.0. The molecule has 0 aliphatic rings. The molecular formula is C19H30N2O2. The fourth-order valence-corrected chi connectivity index (χ4v) is 2.54. The highest BCUT2D eigenvalue weighted by Crippen LogP contribution is 2.23. The SMILES string of the molecule is CCCCCN(CCC(=O)Nc1ccccc1C(C)C)C(C)=O. The summed E-state index contributed by atoms with van der Waals surface area (Å²) in [7, 11) is 0. The van der Waals surface area contributed by atoms with Gasteiger partial charge >= 0.3 is 0 Å². The van der Waals surface area contributed by atoms with E-state index in [1.807, 2.05) is 24.3 Å². The fourth-order valence-electron chi connectivity index (χ4n) is 2.54. The number of hydrogen-bond acceptors (Lipinski definition) is 2. The lowest BCUT2D eigenvalue weighted by molar-refractivity contribution is -0.129. The smallest absolute Gasteiger partial charge is 0.226 e. The Morgan fingerprint density at radius 3 is 2.43 bits per heavy atom. The number of benzene rings is 1. The second-order valence-electron chi connectivity index (χ2n) is 6.25. The maximum Gasteiger partial charge on any atom is 0.226 e. The van der Waals surface area contributed by atoms with Gasteiger partial charge in [0, 0.05) is 32.1 Å². The van der Waals surface area contributed by atoms with Crippen molar-refractivity contribution in [3.05, 3.63) is 29.8 Å². The number of carbonyl (C=O) groups excluding carboxylic acids is 2. The second-order valence-corrected chi connectivity index (χ2v) is 6.25. The van der Waals surface area contributed by atoms with E-state index in [0.29, 0.717) is 18.9 Å². The van der Waals surface area contributed by atoms with Crippen molar-refractivity contribution in [3.8, 4) is 0 Å². The Balaban J connectivity index is 2.54. The van der Waals surface area contributed by atoms with Crippen LogP contribution in [0.2, 0.25) is 0 Å². The minimum absolute atomic E-state index is 0.0384. The van der Waals surface area contributed by atoms with Gasteiger partial charge in [0.2, 0.25) is 11.8 Å². The van der Waals surface area contributed by atoms with E-state index in [1.54, 1.807) is 11.8 Å². The van der Waals surface area contributed by atoms with Crippen molar-refractivity contribution in [2.75, 3.05) is 18.4 Å². The van der Waals surface area contributed by atoms with Gasteiger partial charge in [-0.3, -0.25) is 9.59 Å². The van der Waals surface area contributed by atoms with Gasteiger partial charge in [-0.05, 0) is 24.0 Å². The molecule has 0 saturated heterocycles. The van der Waals surface area contributed by atoms with E-state index in [4.69, 9.17) is 0 Å². The van der Waals surface area contributed by atoms with Gasteiger partial charge < -0.3 is 10.2 Å². The molecule has 4 nitrogen and oxygen atoms in total. The summed E-state index contributed by atoms with van der Waals surface area (Å²) in [5.41, 5.74) is 2.00. The Morgan fingerprint density at radius 2 is 1.83 bits per heavy atom. The highest BCUT2D eigenvalue weighted by atomic mass is 16.2. The van der Waals surface area contributed by atoms with Gasteiger partial charge in [-0.25, -0.2) is 0 Å². The Hall–Kier alpha value is -1.84. The summed E-state index contributed by atoms with van der Waals surface area (Å²) in [4.78, 5) is 25.6. The van der Waals surface area contributed by atoms with Crippen LogP contribution in [0.1, 0.15) is 64.9 Å². The monoisotopic (exact) mass is 318 g/mol. The van der Waals surface area contributed by atoms with Crippen LogP contribution >= 0.6 is 0 Å². The Morgan fingerprint density at radius 1 is 1.13 bits per heavy atom. The summed E-state index contributed by atoms with van der Waals surface area (Å²) in [6.07, 6.45) is 3.56. The first-order chi connectivity index (χ1) is 11.0. The normalized spacial score (nSPS) is 10.7.